The van der Waals surface area contributed by atoms with Crippen molar-refractivity contribution in [2.75, 3.05) is 51.3 Å². The minimum atomic E-state index is -0.600. The Labute approximate surface area is 175 Å². The first-order valence-corrected chi connectivity index (χ1v) is 10.2. The third kappa shape index (κ3) is 4.36. The van der Waals surface area contributed by atoms with Crippen molar-refractivity contribution in [2.45, 2.75) is 25.2 Å². The minimum Gasteiger partial charge on any atom is -0.374 e. The predicted octanol–water partition coefficient (Wildman–Crippen LogP) is 0.542. The maximum Gasteiger partial charge on any atom is 0.251 e. The summed E-state index contributed by atoms with van der Waals surface area (Å²) >= 11 is 0. The van der Waals surface area contributed by atoms with E-state index < -0.39 is 6.10 Å². The van der Waals surface area contributed by atoms with Crippen LogP contribution in [0.2, 0.25) is 0 Å². The topological polar surface area (TPSA) is 104 Å². The van der Waals surface area contributed by atoms with E-state index in [9.17, 15) is 10.1 Å². The lowest BCUT2D eigenvalue weighted by Crippen LogP contribution is -2.54. The van der Waals surface area contributed by atoms with Crippen molar-refractivity contribution in [2.24, 2.45) is 0 Å². The van der Waals surface area contributed by atoms with Gasteiger partial charge in [0.05, 0.1) is 37.2 Å². The second-order valence-corrected chi connectivity index (χ2v) is 7.84. The van der Waals surface area contributed by atoms with Crippen LogP contribution in [0.1, 0.15) is 12.6 Å². The number of nitrogens with zero attached hydrogens (tertiary/aromatic N) is 5. The average Bonchev–Trinajstić information content (AvgIpc) is 2.76. The monoisotopic (exact) mass is 410 g/mol. The Balaban J connectivity index is 1.48. The van der Waals surface area contributed by atoms with Crippen molar-refractivity contribution in [1.29, 1.82) is 5.26 Å². The van der Waals surface area contributed by atoms with Gasteiger partial charge < -0.3 is 24.6 Å². The molecule has 2 aromatic rings. The van der Waals surface area contributed by atoms with Crippen LogP contribution in [0.5, 0.6) is 0 Å². The second-order valence-electron chi connectivity index (χ2n) is 7.84. The molecular formula is C21H26N6O3. The molecule has 0 aromatic carbocycles. The number of pyridine rings is 2. The molecule has 1 amide bonds. The SMILES string of the molecule is C[C@@H]1CN(c2cnc(C#N)c3ncccc23)C[C@H](C(=O)NCC2CN(C)CCO2)O1. The molecular weight excluding hydrogens is 384 g/mol. The van der Waals surface area contributed by atoms with Gasteiger partial charge in [0.1, 0.15) is 11.6 Å². The number of likely N-dealkylation sites (N-methyl/N-ethyl adjacent to an activating group) is 1. The molecule has 3 atom stereocenters. The van der Waals surface area contributed by atoms with Crippen LogP contribution in [0.15, 0.2) is 24.5 Å². The zero-order valence-corrected chi connectivity index (χ0v) is 17.2. The van der Waals surface area contributed by atoms with E-state index in [0.717, 1.165) is 24.2 Å². The summed E-state index contributed by atoms with van der Waals surface area (Å²) in [7, 11) is 2.05. The lowest BCUT2D eigenvalue weighted by atomic mass is 10.1. The summed E-state index contributed by atoms with van der Waals surface area (Å²) < 4.78 is 11.6. The van der Waals surface area contributed by atoms with Gasteiger partial charge in [-0.2, -0.15) is 5.26 Å². The molecule has 0 aliphatic carbocycles. The highest BCUT2D eigenvalue weighted by Gasteiger charge is 2.32. The Morgan fingerprint density at radius 3 is 3.03 bits per heavy atom. The van der Waals surface area contributed by atoms with Crippen molar-refractivity contribution in [1.82, 2.24) is 20.2 Å². The van der Waals surface area contributed by atoms with Crippen LogP contribution in [0.4, 0.5) is 5.69 Å². The number of amides is 1. The van der Waals surface area contributed by atoms with E-state index in [1.165, 1.54) is 0 Å². The van der Waals surface area contributed by atoms with E-state index >= 15 is 0 Å². The number of ether oxygens (including phenoxy) is 2. The van der Waals surface area contributed by atoms with Gasteiger partial charge in [0.2, 0.25) is 0 Å². The van der Waals surface area contributed by atoms with Gasteiger partial charge in [-0.25, -0.2) is 4.98 Å². The van der Waals surface area contributed by atoms with Crippen molar-refractivity contribution in [3.05, 3.63) is 30.2 Å². The van der Waals surface area contributed by atoms with Crippen LogP contribution in [-0.2, 0) is 14.3 Å². The summed E-state index contributed by atoms with van der Waals surface area (Å²) in [5.41, 5.74) is 1.71. The van der Waals surface area contributed by atoms with Gasteiger partial charge in [-0.1, -0.05) is 0 Å². The van der Waals surface area contributed by atoms with Gasteiger partial charge in [0, 0.05) is 37.8 Å². The molecule has 1 N–H and O–H groups in total. The van der Waals surface area contributed by atoms with Crippen LogP contribution in [0.3, 0.4) is 0 Å². The second kappa shape index (κ2) is 8.92. The van der Waals surface area contributed by atoms with Crippen LogP contribution in [0.25, 0.3) is 10.9 Å². The Bertz CT molecular complexity index is 961. The van der Waals surface area contributed by atoms with Crippen molar-refractivity contribution < 1.29 is 14.3 Å². The Kier molecular flexibility index (Phi) is 6.08. The first-order valence-electron chi connectivity index (χ1n) is 10.2. The molecule has 2 aliphatic heterocycles. The van der Waals surface area contributed by atoms with Gasteiger partial charge in [-0.3, -0.25) is 9.78 Å². The van der Waals surface area contributed by atoms with Crippen LogP contribution >= 0.6 is 0 Å². The number of morpholine rings is 2. The van der Waals surface area contributed by atoms with Crippen LogP contribution in [-0.4, -0.2) is 85.5 Å². The molecule has 2 saturated heterocycles. The molecule has 4 heterocycles. The Morgan fingerprint density at radius 1 is 1.37 bits per heavy atom. The van der Waals surface area contributed by atoms with Gasteiger partial charge in [-0.05, 0) is 26.1 Å². The fourth-order valence-electron chi connectivity index (χ4n) is 4.00. The minimum absolute atomic E-state index is 0.0115. The lowest BCUT2D eigenvalue weighted by molar-refractivity contribution is -0.138. The lowest BCUT2D eigenvalue weighted by Gasteiger charge is -2.38. The molecule has 9 heteroatoms. The van der Waals surface area contributed by atoms with E-state index in [2.05, 4.69) is 31.2 Å². The van der Waals surface area contributed by atoms with E-state index in [1.807, 2.05) is 26.1 Å². The molecule has 9 nitrogen and oxygen atoms in total. The number of nitriles is 1. The van der Waals surface area contributed by atoms with Gasteiger partial charge in [-0.15, -0.1) is 0 Å². The molecule has 30 heavy (non-hydrogen) atoms. The van der Waals surface area contributed by atoms with Crippen LogP contribution in [0, 0.1) is 11.3 Å². The largest absolute Gasteiger partial charge is 0.374 e. The number of fused-ring (bicyclic) bond motifs is 1. The summed E-state index contributed by atoms with van der Waals surface area (Å²) in [5.74, 6) is -0.146. The average molecular weight is 410 g/mol. The van der Waals surface area contributed by atoms with Crippen molar-refractivity contribution in [3.8, 4) is 6.07 Å². The van der Waals surface area contributed by atoms with Crippen molar-refractivity contribution >= 4 is 22.5 Å². The Morgan fingerprint density at radius 2 is 2.23 bits per heavy atom. The number of anilines is 1. The molecule has 0 spiro atoms. The maximum atomic E-state index is 12.8. The van der Waals surface area contributed by atoms with E-state index in [4.69, 9.17) is 9.47 Å². The van der Waals surface area contributed by atoms with E-state index in [-0.39, 0.29) is 18.1 Å². The highest BCUT2D eigenvalue weighted by molar-refractivity contribution is 5.94. The summed E-state index contributed by atoms with van der Waals surface area (Å²) in [6, 6.07) is 5.85. The number of nitrogens with one attached hydrogen (secondary N) is 1. The number of hydrogen-bond donors (Lipinski definition) is 1. The van der Waals surface area contributed by atoms with Gasteiger partial charge in [0.25, 0.3) is 5.91 Å². The standard InChI is InChI=1S/C21H26N6O3/c1-14-11-27(18-10-24-17(8-22)20-16(18)4-3-5-23-20)13-19(30-14)21(28)25-9-15-12-26(2)6-7-29-15/h3-5,10,14-15,19H,6-7,9,11-13H2,1-2H3,(H,25,28)/t14-,15?,19-/m1/s1. The number of hydrogen-bond acceptors (Lipinski definition) is 8. The highest BCUT2D eigenvalue weighted by atomic mass is 16.5. The summed E-state index contributed by atoms with van der Waals surface area (Å²) in [5, 5.41) is 13.1. The molecule has 4 rings (SSSR count). The molecule has 0 saturated carbocycles. The molecule has 0 radical (unpaired) electrons. The zero-order valence-electron chi connectivity index (χ0n) is 17.2. The first-order chi connectivity index (χ1) is 14.5. The molecule has 2 aliphatic rings. The summed E-state index contributed by atoms with van der Waals surface area (Å²) in [4.78, 5) is 25.7. The maximum absolute atomic E-state index is 12.8. The van der Waals surface area contributed by atoms with E-state index in [0.29, 0.717) is 37.5 Å². The molecule has 1 unspecified atom stereocenters. The molecule has 2 fully saturated rings. The number of carbonyl (C=O) groups is 1. The molecule has 158 valence electrons. The first kappa shape index (κ1) is 20.5. The zero-order chi connectivity index (χ0) is 21.1. The fourth-order valence-corrected chi connectivity index (χ4v) is 4.00. The number of aromatic nitrogens is 2. The summed E-state index contributed by atoms with van der Waals surface area (Å²) in [6.45, 7) is 5.81. The third-order valence-electron chi connectivity index (χ3n) is 5.47. The van der Waals surface area contributed by atoms with Gasteiger partial charge >= 0.3 is 0 Å². The normalized spacial score (nSPS) is 25.1. The summed E-state index contributed by atoms with van der Waals surface area (Å²) in [6.07, 6.45) is 2.59. The third-order valence-corrected chi connectivity index (χ3v) is 5.47. The number of rotatable bonds is 4. The molecule has 2 aromatic heterocycles. The highest BCUT2D eigenvalue weighted by Crippen LogP contribution is 2.28. The quantitative estimate of drug-likeness (QED) is 0.779. The van der Waals surface area contributed by atoms with E-state index in [1.54, 1.807) is 12.4 Å². The van der Waals surface area contributed by atoms with Crippen molar-refractivity contribution in [3.63, 3.8) is 0 Å². The fraction of sp³-hybridized carbons (Fsp3) is 0.524. The Hall–Kier alpha value is -2.80. The smallest absolute Gasteiger partial charge is 0.251 e. The van der Waals surface area contributed by atoms with Crippen LogP contribution < -0.4 is 10.2 Å². The predicted molar refractivity (Wildman–Crippen MR) is 111 cm³/mol. The number of carbonyl (C=O) groups excluding carboxylic acids is 1. The van der Waals surface area contributed by atoms with Gasteiger partial charge in [0.15, 0.2) is 11.8 Å². The molecule has 0 bridgehead atoms.